The zero-order valence-electron chi connectivity index (χ0n) is 11.9. The number of hydrogen-bond donors (Lipinski definition) is 0. The molecule has 122 valence electrons. The molecule has 0 spiro atoms. The summed E-state index contributed by atoms with van der Waals surface area (Å²) in [6, 6.07) is 7.99. The number of anilines is 1. The maximum atomic E-state index is 12.9. The summed E-state index contributed by atoms with van der Waals surface area (Å²) in [4.78, 5) is 17.9. The molecule has 0 bridgehead atoms. The largest absolute Gasteiger partial charge is 0.416 e. The Morgan fingerprint density at radius 3 is 2.54 bits per heavy atom. The lowest BCUT2D eigenvalue weighted by molar-refractivity contribution is -0.137. The van der Waals surface area contributed by atoms with Crippen LogP contribution in [0.1, 0.15) is 11.1 Å². The molecule has 0 aliphatic carbocycles. The predicted octanol–water partition coefficient (Wildman–Crippen LogP) is 4.51. The van der Waals surface area contributed by atoms with Crippen molar-refractivity contribution in [2.75, 3.05) is 4.90 Å². The van der Waals surface area contributed by atoms with Crippen LogP contribution >= 0.6 is 24.0 Å². The molecule has 0 atom stereocenters. The van der Waals surface area contributed by atoms with Crippen LogP contribution in [0.15, 0.2) is 53.7 Å². The first-order valence-electron chi connectivity index (χ1n) is 6.71. The third-order valence-electron chi connectivity index (χ3n) is 3.23. The molecule has 1 fully saturated rings. The van der Waals surface area contributed by atoms with E-state index in [2.05, 4.69) is 4.98 Å². The summed E-state index contributed by atoms with van der Waals surface area (Å²) in [5.41, 5.74) is 0.0344. The van der Waals surface area contributed by atoms with E-state index in [1.54, 1.807) is 30.6 Å². The number of amides is 1. The van der Waals surface area contributed by atoms with Crippen molar-refractivity contribution in [1.29, 1.82) is 0 Å². The summed E-state index contributed by atoms with van der Waals surface area (Å²) < 4.78 is 38.8. The Hall–Kier alpha value is -2.19. The van der Waals surface area contributed by atoms with Gasteiger partial charge in [-0.1, -0.05) is 30.0 Å². The first-order valence-corrected chi connectivity index (χ1v) is 7.94. The van der Waals surface area contributed by atoms with Crippen molar-refractivity contribution in [2.24, 2.45) is 0 Å². The second-order valence-corrected chi connectivity index (χ2v) is 6.52. The van der Waals surface area contributed by atoms with Crippen LogP contribution in [0.2, 0.25) is 0 Å². The quantitative estimate of drug-likeness (QED) is 0.579. The van der Waals surface area contributed by atoms with E-state index < -0.39 is 17.6 Å². The van der Waals surface area contributed by atoms with Gasteiger partial charge in [0.2, 0.25) is 0 Å². The highest BCUT2D eigenvalue weighted by molar-refractivity contribution is 8.27. The predicted molar refractivity (Wildman–Crippen MR) is 91.3 cm³/mol. The zero-order valence-corrected chi connectivity index (χ0v) is 13.6. The van der Waals surface area contributed by atoms with Crippen LogP contribution < -0.4 is 4.90 Å². The average molecular weight is 366 g/mol. The number of benzene rings is 1. The van der Waals surface area contributed by atoms with Crippen LogP contribution in [-0.4, -0.2) is 15.2 Å². The van der Waals surface area contributed by atoms with Gasteiger partial charge < -0.3 is 0 Å². The lowest BCUT2D eigenvalue weighted by Gasteiger charge is -2.16. The number of alkyl halides is 3. The molecule has 1 aliphatic rings. The molecular formula is C16H9F3N2OS2. The fraction of sp³-hybridized carbons (Fsp3) is 0.0625. The van der Waals surface area contributed by atoms with Crippen LogP contribution in [-0.2, 0) is 11.0 Å². The van der Waals surface area contributed by atoms with Gasteiger partial charge in [-0.15, -0.1) is 0 Å². The summed E-state index contributed by atoms with van der Waals surface area (Å²) >= 11 is 6.22. The molecule has 0 radical (unpaired) electrons. The minimum absolute atomic E-state index is 0.102. The van der Waals surface area contributed by atoms with E-state index in [4.69, 9.17) is 12.2 Å². The van der Waals surface area contributed by atoms with Crippen LogP contribution in [0.4, 0.5) is 18.9 Å². The number of thiocarbonyl (C=S) groups is 1. The van der Waals surface area contributed by atoms with Crippen molar-refractivity contribution >= 4 is 46.0 Å². The number of halogens is 3. The highest BCUT2D eigenvalue weighted by Crippen LogP contribution is 2.38. The maximum Gasteiger partial charge on any atom is 0.416 e. The Morgan fingerprint density at radius 2 is 1.88 bits per heavy atom. The molecule has 2 aromatic rings. The minimum atomic E-state index is -4.48. The van der Waals surface area contributed by atoms with Crippen molar-refractivity contribution in [3.63, 3.8) is 0 Å². The third-order valence-corrected chi connectivity index (χ3v) is 4.53. The number of thioether (sulfide) groups is 1. The number of aromatic nitrogens is 1. The van der Waals surface area contributed by atoms with Crippen LogP contribution in [0.25, 0.3) is 6.08 Å². The fourth-order valence-electron chi connectivity index (χ4n) is 2.12. The van der Waals surface area contributed by atoms with Gasteiger partial charge in [0.25, 0.3) is 5.91 Å². The molecule has 1 aromatic carbocycles. The number of carbonyl (C=O) groups excluding carboxylic acids is 1. The van der Waals surface area contributed by atoms with Gasteiger partial charge in [-0.3, -0.25) is 14.7 Å². The van der Waals surface area contributed by atoms with Crippen LogP contribution in [0, 0.1) is 0 Å². The molecule has 0 N–H and O–H groups in total. The van der Waals surface area contributed by atoms with E-state index >= 15 is 0 Å². The Bertz CT molecular complexity index is 835. The molecule has 1 saturated heterocycles. The van der Waals surface area contributed by atoms with Crippen LogP contribution in [0.5, 0.6) is 0 Å². The average Bonchev–Trinajstić information content (AvgIpc) is 2.82. The van der Waals surface area contributed by atoms with E-state index in [1.165, 1.54) is 12.1 Å². The smallest absolute Gasteiger partial charge is 0.268 e. The second-order valence-electron chi connectivity index (χ2n) is 4.85. The number of carbonyl (C=O) groups is 1. The number of hydrogen-bond acceptors (Lipinski definition) is 4. The maximum absolute atomic E-state index is 12.9. The number of rotatable bonds is 2. The molecule has 8 heteroatoms. The number of nitrogens with zero attached hydrogens (tertiary/aromatic N) is 2. The third kappa shape index (κ3) is 3.34. The van der Waals surface area contributed by atoms with Gasteiger partial charge in [0.1, 0.15) is 0 Å². The Balaban J connectivity index is 1.94. The normalized spacial score (nSPS) is 17.0. The molecule has 3 nitrogen and oxygen atoms in total. The molecule has 1 amide bonds. The van der Waals surface area contributed by atoms with E-state index in [0.29, 0.717) is 4.91 Å². The van der Waals surface area contributed by atoms with Crippen molar-refractivity contribution in [2.45, 2.75) is 6.18 Å². The van der Waals surface area contributed by atoms with E-state index in [1.807, 2.05) is 0 Å². The Kier molecular flexibility index (Phi) is 4.42. The van der Waals surface area contributed by atoms with Gasteiger partial charge in [-0.05, 0) is 42.0 Å². The van der Waals surface area contributed by atoms with E-state index in [9.17, 15) is 18.0 Å². The Morgan fingerprint density at radius 1 is 1.17 bits per heavy atom. The molecule has 0 unspecified atom stereocenters. The SMILES string of the molecule is O=C1/C(=C/c2ccncc2)SC(=S)N1c1cccc(C(F)(F)F)c1. The van der Waals surface area contributed by atoms with E-state index in [0.717, 1.165) is 34.4 Å². The van der Waals surface area contributed by atoms with Crippen molar-refractivity contribution in [1.82, 2.24) is 4.98 Å². The summed E-state index contributed by atoms with van der Waals surface area (Å²) in [5.74, 6) is -0.443. The number of pyridine rings is 1. The fourth-order valence-corrected chi connectivity index (χ4v) is 3.42. The standard InChI is InChI=1S/C16H9F3N2OS2/c17-16(18,19)11-2-1-3-12(9-11)21-14(22)13(24-15(21)23)8-10-4-6-20-7-5-10/h1-9H/b13-8-. The van der Waals surface area contributed by atoms with Gasteiger partial charge in [0, 0.05) is 12.4 Å². The Labute approximate surface area is 145 Å². The molecule has 3 rings (SSSR count). The molecule has 0 saturated carbocycles. The monoisotopic (exact) mass is 366 g/mol. The van der Waals surface area contributed by atoms with Crippen LogP contribution in [0.3, 0.4) is 0 Å². The summed E-state index contributed by atoms with van der Waals surface area (Å²) in [6.45, 7) is 0. The summed E-state index contributed by atoms with van der Waals surface area (Å²) in [6.07, 6.45) is 0.316. The van der Waals surface area contributed by atoms with Gasteiger partial charge in [-0.2, -0.15) is 13.2 Å². The highest BCUT2D eigenvalue weighted by Gasteiger charge is 2.35. The highest BCUT2D eigenvalue weighted by atomic mass is 32.2. The first kappa shape index (κ1) is 16.7. The summed E-state index contributed by atoms with van der Waals surface area (Å²) in [5, 5.41) is 0. The van der Waals surface area contributed by atoms with Gasteiger partial charge in [0.05, 0.1) is 16.2 Å². The lowest BCUT2D eigenvalue weighted by Crippen LogP contribution is -2.27. The van der Waals surface area contributed by atoms with Crippen molar-refractivity contribution in [3.8, 4) is 0 Å². The topological polar surface area (TPSA) is 33.2 Å². The van der Waals surface area contributed by atoms with Gasteiger partial charge >= 0.3 is 6.18 Å². The molecule has 2 heterocycles. The minimum Gasteiger partial charge on any atom is -0.268 e. The summed E-state index contributed by atoms with van der Waals surface area (Å²) in [7, 11) is 0. The molecule has 1 aromatic heterocycles. The van der Waals surface area contributed by atoms with E-state index in [-0.39, 0.29) is 10.0 Å². The zero-order chi connectivity index (χ0) is 17.3. The van der Waals surface area contributed by atoms with Gasteiger partial charge in [0.15, 0.2) is 4.32 Å². The van der Waals surface area contributed by atoms with Crippen molar-refractivity contribution in [3.05, 3.63) is 64.8 Å². The first-order chi connectivity index (χ1) is 11.4. The lowest BCUT2D eigenvalue weighted by atomic mass is 10.2. The molecule has 1 aliphatic heterocycles. The van der Waals surface area contributed by atoms with Crippen molar-refractivity contribution < 1.29 is 18.0 Å². The molecular weight excluding hydrogens is 357 g/mol. The molecule has 24 heavy (non-hydrogen) atoms. The van der Waals surface area contributed by atoms with Gasteiger partial charge in [-0.25, -0.2) is 0 Å². The second kappa shape index (κ2) is 6.37.